The van der Waals surface area contributed by atoms with E-state index >= 15 is 0 Å². The van der Waals surface area contributed by atoms with E-state index in [2.05, 4.69) is 5.32 Å². The van der Waals surface area contributed by atoms with Crippen LogP contribution in [0.4, 0.5) is 5.69 Å². The van der Waals surface area contributed by atoms with Gasteiger partial charge in [-0.1, -0.05) is 13.0 Å². The van der Waals surface area contributed by atoms with E-state index in [9.17, 15) is 14.3 Å². The van der Waals surface area contributed by atoms with Crippen molar-refractivity contribution >= 4 is 16.5 Å². The molecular weight excluding hydrogens is 280 g/mol. The number of benzene rings is 1. The lowest BCUT2D eigenvalue weighted by Gasteiger charge is -2.09. The Hall–Kier alpha value is -1.47. The van der Waals surface area contributed by atoms with Crippen molar-refractivity contribution in [2.45, 2.75) is 25.1 Å². The van der Waals surface area contributed by atoms with Gasteiger partial charge in [0, 0.05) is 34.9 Å². The minimum absolute atomic E-state index is 0.0326. The van der Waals surface area contributed by atoms with Gasteiger partial charge in [0.1, 0.15) is 0 Å². The third kappa shape index (κ3) is 4.90. The van der Waals surface area contributed by atoms with E-state index in [0.717, 1.165) is 18.5 Å². The van der Waals surface area contributed by atoms with Crippen LogP contribution >= 0.6 is 0 Å². The summed E-state index contributed by atoms with van der Waals surface area (Å²) in [5, 5.41) is 14.2. The molecule has 1 N–H and O–H groups in total. The molecular formula is C13H20N2O4S. The van der Waals surface area contributed by atoms with Gasteiger partial charge in [0.05, 0.1) is 12.0 Å². The molecule has 0 aliphatic heterocycles. The number of methoxy groups -OCH3 is 1. The Balaban J connectivity index is 2.55. The molecule has 20 heavy (non-hydrogen) atoms. The molecule has 0 radical (unpaired) electrons. The minimum atomic E-state index is -0.818. The van der Waals surface area contributed by atoms with Crippen LogP contribution in [-0.2, 0) is 17.3 Å². The van der Waals surface area contributed by atoms with Crippen molar-refractivity contribution in [1.29, 1.82) is 0 Å². The van der Waals surface area contributed by atoms with Crippen molar-refractivity contribution in [3.05, 3.63) is 33.9 Å². The average Bonchev–Trinajstić information content (AvgIpc) is 2.42. The number of nitrogens with one attached hydrogen (secondary N) is 1. The third-order valence-corrected chi connectivity index (χ3v) is 4.43. The summed E-state index contributed by atoms with van der Waals surface area (Å²) in [7, 11) is 0.591. The zero-order valence-electron chi connectivity index (χ0n) is 11.9. The van der Waals surface area contributed by atoms with E-state index in [0.29, 0.717) is 6.54 Å². The first kappa shape index (κ1) is 16.6. The van der Waals surface area contributed by atoms with E-state index in [1.807, 2.05) is 6.92 Å². The van der Waals surface area contributed by atoms with Gasteiger partial charge in [-0.2, -0.15) is 0 Å². The van der Waals surface area contributed by atoms with Crippen molar-refractivity contribution in [3.8, 4) is 5.75 Å². The van der Waals surface area contributed by atoms with Gasteiger partial charge >= 0.3 is 5.69 Å². The molecule has 0 bridgehead atoms. The first-order valence-electron chi connectivity index (χ1n) is 6.30. The predicted octanol–water partition coefficient (Wildman–Crippen LogP) is 1.85. The van der Waals surface area contributed by atoms with E-state index in [1.165, 1.54) is 13.2 Å². The van der Waals surface area contributed by atoms with Crippen LogP contribution < -0.4 is 10.1 Å². The van der Waals surface area contributed by atoms with Gasteiger partial charge in [-0.3, -0.25) is 14.3 Å². The number of rotatable bonds is 8. The van der Waals surface area contributed by atoms with Gasteiger partial charge in [0.2, 0.25) is 0 Å². The molecule has 0 aliphatic carbocycles. The van der Waals surface area contributed by atoms with Crippen LogP contribution in [0.2, 0.25) is 0 Å². The predicted molar refractivity (Wildman–Crippen MR) is 79.5 cm³/mol. The van der Waals surface area contributed by atoms with Gasteiger partial charge in [-0.05, 0) is 24.6 Å². The number of hydrogen-bond donors (Lipinski definition) is 1. The lowest BCUT2D eigenvalue weighted by molar-refractivity contribution is -0.385. The molecule has 1 rings (SSSR count). The SMILES string of the molecule is COc1ccc(CNCCC(C)S(C)=O)cc1[N+](=O)[O-]. The highest BCUT2D eigenvalue weighted by Gasteiger charge is 2.14. The Morgan fingerprint density at radius 1 is 1.50 bits per heavy atom. The van der Waals surface area contributed by atoms with Crippen LogP contribution in [0.15, 0.2) is 18.2 Å². The summed E-state index contributed by atoms with van der Waals surface area (Å²) < 4.78 is 16.1. The largest absolute Gasteiger partial charge is 0.490 e. The summed E-state index contributed by atoms with van der Waals surface area (Å²) in [6, 6.07) is 4.90. The van der Waals surface area contributed by atoms with Crippen molar-refractivity contribution in [3.63, 3.8) is 0 Å². The second kappa shape index (κ2) is 7.96. The van der Waals surface area contributed by atoms with Gasteiger partial charge < -0.3 is 10.1 Å². The Bertz CT molecular complexity index is 493. The number of nitro benzene ring substituents is 1. The second-order valence-electron chi connectivity index (χ2n) is 4.54. The smallest absolute Gasteiger partial charge is 0.311 e. The summed E-state index contributed by atoms with van der Waals surface area (Å²) in [5.41, 5.74) is 0.789. The maximum absolute atomic E-state index is 11.2. The minimum Gasteiger partial charge on any atom is -0.490 e. The highest BCUT2D eigenvalue weighted by molar-refractivity contribution is 7.84. The van der Waals surface area contributed by atoms with Crippen molar-refractivity contribution in [1.82, 2.24) is 5.32 Å². The molecule has 0 heterocycles. The summed E-state index contributed by atoms with van der Waals surface area (Å²) in [4.78, 5) is 10.4. The van der Waals surface area contributed by atoms with Gasteiger partial charge in [-0.15, -0.1) is 0 Å². The molecule has 2 unspecified atom stereocenters. The molecule has 1 aromatic carbocycles. The van der Waals surface area contributed by atoms with Crippen molar-refractivity contribution in [2.24, 2.45) is 0 Å². The zero-order valence-corrected chi connectivity index (χ0v) is 12.7. The fourth-order valence-corrected chi connectivity index (χ4v) is 2.14. The Morgan fingerprint density at radius 2 is 2.20 bits per heavy atom. The maximum atomic E-state index is 11.2. The Morgan fingerprint density at radius 3 is 2.75 bits per heavy atom. The quantitative estimate of drug-likeness (QED) is 0.450. The lowest BCUT2D eigenvalue weighted by Crippen LogP contribution is -2.21. The molecule has 0 amide bonds. The maximum Gasteiger partial charge on any atom is 0.311 e. The van der Waals surface area contributed by atoms with Crippen molar-refractivity contribution in [2.75, 3.05) is 19.9 Å². The monoisotopic (exact) mass is 300 g/mol. The van der Waals surface area contributed by atoms with E-state index in [-0.39, 0.29) is 16.7 Å². The van der Waals surface area contributed by atoms with E-state index < -0.39 is 15.7 Å². The number of hydrogen-bond acceptors (Lipinski definition) is 5. The summed E-state index contributed by atoms with van der Waals surface area (Å²) in [6.07, 6.45) is 2.50. The molecule has 0 spiro atoms. The van der Waals surface area contributed by atoms with Crippen LogP contribution in [0.25, 0.3) is 0 Å². The third-order valence-electron chi connectivity index (χ3n) is 3.06. The first-order valence-corrected chi connectivity index (χ1v) is 7.92. The molecule has 0 saturated carbocycles. The molecule has 6 nitrogen and oxygen atoms in total. The van der Waals surface area contributed by atoms with Gasteiger partial charge in [0.25, 0.3) is 0 Å². The first-order chi connectivity index (χ1) is 9.45. The molecule has 2 atom stereocenters. The molecule has 0 aromatic heterocycles. The topological polar surface area (TPSA) is 81.5 Å². The molecule has 0 saturated heterocycles. The van der Waals surface area contributed by atoms with E-state index in [4.69, 9.17) is 4.74 Å². The molecule has 112 valence electrons. The normalized spacial score (nSPS) is 13.8. The number of nitrogens with zero attached hydrogens (tertiary/aromatic N) is 1. The standard InChI is InChI=1S/C13H20N2O4S/c1-10(20(3)18)6-7-14-9-11-4-5-13(19-2)12(8-11)15(16)17/h4-5,8,10,14H,6-7,9H2,1-3H3. The van der Waals surface area contributed by atoms with Gasteiger partial charge in [0.15, 0.2) is 5.75 Å². The lowest BCUT2D eigenvalue weighted by atomic mass is 10.2. The highest BCUT2D eigenvalue weighted by atomic mass is 32.2. The van der Waals surface area contributed by atoms with Crippen LogP contribution in [0, 0.1) is 10.1 Å². The summed E-state index contributed by atoms with van der Waals surface area (Å²) in [6.45, 7) is 3.20. The number of ether oxygens (including phenoxy) is 1. The second-order valence-corrected chi connectivity index (χ2v) is 6.34. The van der Waals surface area contributed by atoms with Crippen LogP contribution in [0.3, 0.4) is 0 Å². The zero-order chi connectivity index (χ0) is 15.1. The van der Waals surface area contributed by atoms with Crippen LogP contribution in [0.1, 0.15) is 18.9 Å². The molecule has 1 aromatic rings. The molecule has 0 fully saturated rings. The average molecular weight is 300 g/mol. The van der Waals surface area contributed by atoms with Crippen LogP contribution in [0.5, 0.6) is 5.75 Å². The summed E-state index contributed by atoms with van der Waals surface area (Å²) >= 11 is 0. The fraction of sp³-hybridized carbons (Fsp3) is 0.538. The van der Waals surface area contributed by atoms with E-state index in [1.54, 1.807) is 18.4 Å². The number of nitro groups is 1. The Labute approximate surface area is 121 Å². The van der Waals surface area contributed by atoms with Crippen molar-refractivity contribution < 1.29 is 13.9 Å². The highest BCUT2D eigenvalue weighted by Crippen LogP contribution is 2.27. The summed E-state index contributed by atoms with van der Waals surface area (Å²) in [5.74, 6) is 0.258. The molecule has 0 aliphatic rings. The van der Waals surface area contributed by atoms with Crippen LogP contribution in [-0.4, -0.2) is 34.3 Å². The van der Waals surface area contributed by atoms with Gasteiger partial charge in [-0.25, -0.2) is 0 Å². The molecule has 7 heteroatoms. The Kier molecular flexibility index (Phi) is 6.60. The fourth-order valence-electron chi connectivity index (χ4n) is 1.69.